The lowest BCUT2D eigenvalue weighted by Gasteiger charge is -2.16. The quantitative estimate of drug-likeness (QED) is 0.189. The second-order valence-corrected chi connectivity index (χ2v) is 3.20. The number of oxime groups is 1. The second kappa shape index (κ2) is 8.93. The number of carbonyl (C=O) groups is 1. The molecule has 0 aliphatic rings. The van der Waals surface area contributed by atoms with Crippen molar-refractivity contribution >= 4 is 11.7 Å². The number of rotatable bonds is 8. The minimum Gasteiger partial charge on any atom is -0.409 e. The first kappa shape index (κ1) is 14.7. The maximum atomic E-state index is 11.4. The molecule has 94 valence electrons. The van der Waals surface area contributed by atoms with E-state index in [0.29, 0.717) is 26.2 Å². The van der Waals surface area contributed by atoms with E-state index in [-0.39, 0.29) is 18.3 Å². The summed E-state index contributed by atoms with van der Waals surface area (Å²) in [6.07, 6.45) is 0.330. The van der Waals surface area contributed by atoms with E-state index >= 15 is 0 Å². The third-order valence-corrected chi connectivity index (χ3v) is 1.91. The van der Waals surface area contributed by atoms with Gasteiger partial charge in [-0.05, 0) is 0 Å². The van der Waals surface area contributed by atoms with Gasteiger partial charge in [0, 0.05) is 27.1 Å². The number of nitrogens with two attached hydrogens (primary N) is 1. The Kier molecular flexibility index (Phi) is 8.18. The Hall–Kier alpha value is -1.34. The first-order valence-electron chi connectivity index (χ1n) is 4.88. The van der Waals surface area contributed by atoms with E-state index in [4.69, 9.17) is 20.4 Å². The normalized spacial score (nSPS) is 11.5. The summed E-state index contributed by atoms with van der Waals surface area (Å²) < 4.78 is 9.83. The van der Waals surface area contributed by atoms with Crippen molar-refractivity contribution in [3.05, 3.63) is 0 Å². The Bertz CT molecular complexity index is 233. The maximum absolute atomic E-state index is 11.4. The predicted molar refractivity (Wildman–Crippen MR) is 58.4 cm³/mol. The highest BCUT2D eigenvalue weighted by Gasteiger charge is 2.08. The van der Waals surface area contributed by atoms with Crippen molar-refractivity contribution in [1.82, 2.24) is 4.90 Å². The molecule has 0 bridgehead atoms. The van der Waals surface area contributed by atoms with Crippen LogP contribution >= 0.6 is 0 Å². The average Bonchev–Trinajstić information content (AvgIpc) is 2.30. The van der Waals surface area contributed by atoms with Crippen LogP contribution in [0.1, 0.15) is 6.42 Å². The third-order valence-electron chi connectivity index (χ3n) is 1.91. The first-order chi connectivity index (χ1) is 7.61. The standard InChI is InChI=1S/C9H19N3O4/c1-12(4-3-8(10)11-14)9(13)7-16-6-5-15-2/h14H,3-7H2,1-2H3,(H2,10,11). The third kappa shape index (κ3) is 7.02. The number of hydrogen-bond donors (Lipinski definition) is 2. The number of ether oxygens (including phenoxy) is 2. The summed E-state index contributed by atoms with van der Waals surface area (Å²) in [4.78, 5) is 12.9. The van der Waals surface area contributed by atoms with Gasteiger partial charge in [-0.15, -0.1) is 0 Å². The predicted octanol–water partition coefficient (Wildman–Crippen LogP) is -0.756. The Balaban J connectivity index is 3.65. The van der Waals surface area contributed by atoms with Gasteiger partial charge in [0.15, 0.2) is 0 Å². The molecule has 0 aromatic heterocycles. The van der Waals surface area contributed by atoms with Crippen molar-refractivity contribution in [2.45, 2.75) is 6.42 Å². The number of nitrogens with zero attached hydrogens (tertiary/aromatic N) is 2. The van der Waals surface area contributed by atoms with Crippen LogP contribution in [0.15, 0.2) is 5.16 Å². The highest BCUT2D eigenvalue weighted by atomic mass is 16.5. The lowest BCUT2D eigenvalue weighted by molar-refractivity contribution is -0.135. The number of amides is 1. The average molecular weight is 233 g/mol. The molecule has 7 nitrogen and oxygen atoms in total. The molecular formula is C9H19N3O4. The van der Waals surface area contributed by atoms with Gasteiger partial charge in [-0.1, -0.05) is 5.16 Å². The summed E-state index contributed by atoms with van der Waals surface area (Å²) in [6.45, 7) is 1.25. The van der Waals surface area contributed by atoms with Crippen LogP contribution < -0.4 is 5.73 Å². The lowest BCUT2D eigenvalue weighted by Crippen LogP contribution is -2.33. The molecule has 0 spiro atoms. The van der Waals surface area contributed by atoms with Gasteiger partial charge >= 0.3 is 0 Å². The van der Waals surface area contributed by atoms with Crippen molar-refractivity contribution in [2.75, 3.05) is 40.5 Å². The molecule has 0 saturated heterocycles. The molecule has 0 rings (SSSR count). The molecule has 7 heteroatoms. The number of methoxy groups -OCH3 is 1. The molecule has 0 saturated carbocycles. The van der Waals surface area contributed by atoms with Crippen molar-refractivity contribution in [2.24, 2.45) is 10.9 Å². The van der Waals surface area contributed by atoms with Gasteiger partial charge in [0.1, 0.15) is 12.4 Å². The number of carbonyl (C=O) groups excluding carboxylic acids is 1. The minimum absolute atomic E-state index is 0.00995. The van der Waals surface area contributed by atoms with Gasteiger partial charge in [-0.25, -0.2) is 0 Å². The van der Waals surface area contributed by atoms with Crippen LogP contribution in [-0.4, -0.2) is 62.4 Å². The van der Waals surface area contributed by atoms with Crippen LogP contribution in [0.4, 0.5) is 0 Å². The summed E-state index contributed by atoms with van der Waals surface area (Å²) in [5, 5.41) is 11.1. The molecule has 0 atom stereocenters. The van der Waals surface area contributed by atoms with Crippen molar-refractivity contribution in [1.29, 1.82) is 0 Å². The fourth-order valence-electron chi connectivity index (χ4n) is 0.869. The Morgan fingerprint density at radius 2 is 2.19 bits per heavy atom. The van der Waals surface area contributed by atoms with Crippen molar-refractivity contribution < 1.29 is 19.5 Å². The van der Waals surface area contributed by atoms with E-state index in [0.717, 1.165) is 0 Å². The van der Waals surface area contributed by atoms with Gasteiger partial charge in [-0.2, -0.15) is 0 Å². The molecule has 0 aliphatic heterocycles. The van der Waals surface area contributed by atoms with Crippen LogP contribution in [0.25, 0.3) is 0 Å². The molecule has 1 amide bonds. The minimum atomic E-state index is -0.151. The van der Waals surface area contributed by atoms with Crippen LogP contribution in [0.3, 0.4) is 0 Å². The molecule has 0 aromatic rings. The molecule has 3 N–H and O–H groups in total. The van der Waals surface area contributed by atoms with E-state index in [1.54, 1.807) is 14.2 Å². The van der Waals surface area contributed by atoms with Crippen LogP contribution in [-0.2, 0) is 14.3 Å². The first-order valence-corrected chi connectivity index (χ1v) is 4.88. The van der Waals surface area contributed by atoms with E-state index in [1.807, 2.05) is 0 Å². The highest BCUT2D eigenvalue weighted by molar-refractivity contribution is 5.81. The summed E-state index contributed by atoms with van der Waals surface area (Å²) in [7, 11) is 3.20. The van der Waals surface area contributed by atoms with Crippen LogP contribution in [0.2, 0.25) is 0 Å². The van der Waals surface area contributed by atoms with Crippen molar-refractivity contribution in [3.8, 4) is 0 Å². The highest BCUT2D eigenvalue weighted by Crippen LogP contribution is 1.90. The van der Waals surface area contributed by atoms with Gasteiger partial charge in [0.25, 0.3) is 0 Å². The van der Waals surface area contributed by atoms with Crippen LogP contribution in [0.5, 0.6) is 0 Å². The number of amidine groups is 1. The monoisotopic (exact) mass is 233 g/mol. The van der Waals surface area contributed by atoms with Gasteiger partial charge < -0.3 is 25.3 Å². The molecule has 0 unspecified atom stereocenters. The number of hydrogen-bond acceptors (Lipinski definition) is 5. The smallest absolute Gasteiger partial charge is 0.248 e. The lowest BCUT2D eigenvalue weighted by atomic mass is 10.3. The fourth-order valence-corrected chi connectivity index (χ4v) is 0.869. The second-order valence-electron chi connectivity index (χ2n) is 3.20. The topological polar surface area (TPSA) is 97.4 Å². The van der Waals surface area contributed by atoms with Crippen LogP contribution in [0, 0.1) is 0 Å². The Morgan fingerprint density at radius 1 is 1.50 bits per heavy atom. The van der Waals surface area contributed by atoms with E-state index in [1.165, 1.54) is 4.90 Å². The zero-order valence-electron chi connectivity index (χ0n) is 9.68. The summed E-state index contributed by atoms with van der Waals surface area (Å²) >= 11 is 0. The van der Waals surface area contributed by atoms with E-state index < -0.39 is 0 Å². The van der Waals surface area contributed by atoms with E-state index in [9.17, 15) is 4.79 Å². The maximum Gasteiger partial charge on any atom is 0.248 e. The zero-order valence-corrected chi connectivity index (χ0v) is 9.68. The summed E-state index contributed by atoms with van der Waals surface area (Å²) in [5.41, 5.74) is 5.28. The molecule has 0 heterocycles. The molecule has 0 radical (unpaired) electrons. The number of likely N-dealkylation sites (N-methyl/N-ethyl adjacent to an activating group) is 1. The van der Waals surface area contributed by atoms with Crippen molar-refractivity contribution in [3.63, 3.8) is 0 Å². The van der Waals surface area contributed by atoms with E-state index in [2.05, 4.69) is 5.16 Å². The fraction of sp³-hybridized carbons (Fsp3) is 0.778. The molecular weight excluding hydrogens is 214 g/mol. The summed E-state index contributed by atoms with van der Waals surface area (Å²) in [6, 6.07) is 0. The molecule has 0 aromatic carbocycles. The molecule has 0 aliphatic carbocycles. The Labute approximate surface area is 94.8 Å². The van der Waals surface area contributed by atoms with Gasteiger partial charge in [-0.3, -0.25) is 4.79 Å². The largest absolute Gasteiger partial charge is 0.409 e. The molecule has 0 fully saturated rings. The molecule has 16 heavy (non-hydrogen) atoms. The van der Waals surface area contributed by atoms with Gasteiger partial charge in [0.05, 0.1) is 13.2 Å². The van der Waals surface area contributed by atoms with Gasteiger partial charge in [0.2, 0.25) is 5.91 Å². The zero-order chi connectivity index (χ0) is 12.4. The summed E-state index contributed by atoms with van der Waals surface area (Å²) in [5.74, 6) is -0.0539. The Morgan fingerprint density at radius 3 is 2.75 bits per heavy atom. The SMILES string of the molecule is COCCOCC(=O)N(C)CCC(N)=NO.